The first kappa shape index (κ1) is 17.1. The van der Waals surface area contributed by atoms with Gasteiger partial charge in [0.2, 0.25) is 11.7 Å². The molecule has 0 radical (unpaired) electrons. The van der Waals surface area contributed by atoms with Crippen LogP contribution in [0.15, 0.2) is 59.6 Å². The Morgan fingerprint density at radius 3 is 2.63 bits per heavy atom. The molecule has 0 saturated carbocycles. The van der Waals surface area contributed by atoms with Crippen LogP contribution in [0.25, 0.3) is 11.4 Å². The third kappa shape index (κ3) is 4.25. The highest BCUT2D eigenvalue weighted by Gasteiger charge is 2.10. The minimum Gasteiger partial charge on any atom is -0.339 e. The van der Waals surface area contributed by atoms with E-state index in [9.17, 15) is 0 Å². The van der Waals surface area contributed by atoms with Gasteiger partial charge in [-0.25, -0.2) is 9.67 Å². The van der Waals surface area contributed by atoms with E-state index in [2.05, 4.69) is 56.4 Å². The Labute approximate surface area is 157 Å². The highest BCUT2D eigenvalue weighted by molar-refractivity contribution is 5.52. The topological polar surface area (TPSA) is 82.5 Å². The van der Waals surface area contributed by atoms with E-state index >= 15 is 0 Å². The third-order valence-corrected chi connectivity index (χ3v) is 4.35. The van der Waals surface area contributed by atoms with Crippen molar-refractivity contribution in [1.82, 2.24) is 29.9 Å². The molecule has 27 heavy (non-hydrogen) atoms. The van der Waals surface area contributed by atoms with Gasteiger partial charge in [0.1, 0.15) is 12.2 Å². The van der Waals surface area contributed by atoms with Gasteiger partial charge in [-0.3, -0.25) is 4.98 Å². The van der Waals surface area contributed by atoms with Crippen molar-refractivity contribution in [2.24, 2.45) is 0 Å². The maximum Gasteiger partial charge on any atom is 0.226 e. The first-order valence-corrected chi connectivity index (χ1v) is 8.93. The molecule has 1 aromatic carbocycles. The first-order valence-electron chi connectivity index (χ1n) is 8.93. The molecule has 3 aromatic heterocycles. The molecule has 0 atom stereocenters. The van der Waals surface area contributed by atoms with E-state index in [0.717, 1.165) is 30.8 Å². The molecule has 0 fully saturated rings. The molecule has 7 heteroatoms. The van der Waals surface area contributed by atoms with Crippen LogP contribution in [-0.2, 0) is 19.4 Å². The summed E-state index contributed by atoms with van der Waals surface area (Å²) in [7, 11) is 0. The van der Waals surface area contributed by atoms with Crippen LogP contribution in [0.5, 0.6) is 0 Å². The van der Waals surface area contributed by atoms with Gasteiger partial charge < -0.3 is 4.52 Å². The van der Waals surface area contributed by atoms with Crippen molar-refractivity contribution >= 4 is 0 Å². The molecular weight excluding hydrogens is 340 g/mol. The quantitative estimate of drug-likeness (QED) is 0.503. The smallest absolute Gasteiger partial charge is 0.226 e. The molecule has 3 heterocycles. The molecule has 4 aromatic rings. The summed E-state index contributed by atoms with van der Waals surface area (Å²) in [6.07, 6.45) is 7.41. The van der Waals surface area contributed by atoms with Gasteiger partial charge in [-0.2, -0.15) is 10.1 Å². The highest BCUT2D eigenvalue weighted by Crippen LogP contribution is 2.15. The van der Waals surface area contributed by atoms with Gasteiger partial charge in [0, 0.05) is 30.8 Å². The van der Waals surface area contributed by atoms with E-state index in [-0.39, 0.29) is 0 Å². The Morgan fingerprint density at radius 1 is 1.00 bits per heavy atom. The molecule has 0 aliphatic rings. The van der Waals surface area contributed by atoms with E-state index in [1.54, 1.807) is 18.7 Å². The number of pyridine rings is 1. The van der Waals surface area contributed by atoms with E-state index < -0.39 is 0 Å². The van der Waals surface area contributed by atoms with Gasteiger partial charge in [0.25, 0.3) is 0 Å². The Hall–Kier alpha value is -3.35. The summed E-state index contributed by atoms with van der Waals surface area (Å²) in [5, 5.41) is 8.39. The number of benzene rings is 1. The van der Waals surface area contributed by atoms with Crippen molar-refractivity contribution in [2.45, 2.75) is 32.7 Å². The zero-order valence-corrected chi connectivity index (χ0v) is 15.1. The summed E-state index contributed by atoms with van der Waals surface area (Å²) in [4.78, 5) is 12.8. The average molecular weight is 360 g/mol. The van der Waals surface area contributed by atoms with Crippen molar-refractivity contribution in [3.8, 4) is 11.4 Å². The van der Waals surface area contributed by atoms with E-state index in [1.807, 2.05) is 16.8 Å². The normalized spacial score (nSPS) is 11.0. The largest absolute Gasteiger partial charge is 0.339 e. The fourth-order valence-corrected chi connectivity index (χ4v) is 2.85. The number of aryl methyl sites for hydroxylation is 3. The molecule has 0 N–H and O–H groups in total. The molecule has 0 spiro atoms. The van der Waals surface area contributed by atoms with Gasteiger partial charge in [-0.05, 0) is 31.0 Å². The number of hydrogen-bond donors (Lipinski definition) is 0. The lowest BCUT2D eigenvalue weighted by Gasteiger charge is -2.06. The monoisotopic (exact) mass is 360 g/mol. The predicted octanol–water partition coefficient (Wildman–Crippen LogP) is 3.26. The molecule has 136 valence electrons. The van der Waals surface area contributed by atoms with Crippen molar-refractivity contribution < 1.29 is 4.52 Å². The van der Waals surface area contributed by atoms with Crippen LogP contribution in [0.2, 0.25) is 0 Å². The van der Waals surface area contributed by atoms with E-state index in [0.29, 0.717) is 18.1 Å². The number of rotatable bonds is 7. The van der Waals surface area contributed by atoms with Gasteiger partial charge >= 0.3 is 0 Å². The Morgan fingerprint density at radius 2 is 1.81 bits per heavy atom. The zero-order valence-electron chi connectivity index (χ0n) is 15.1. The van der Waals surface area contributed by atoms with Crippen LogP contribution < -0.4 is 0 Å². The van der Waals surface area contributed by atoms with Crippen molar-refractivity contribution in [1.29, 1.82) is 0 Å². The van der Waals surface area contributed by atoms with Gasteiger partial charge in [0.05, 0.1) is 6.54 Å². The highest BCUT2D eigenvalue weighted by atomic mass is 16.5. The predicted molar refractivity (Wildman–Crippen MR) is 99.9 cm³/mol. The zero-order chi connectivity index (χ0) is 18.5. The van der Waals surface area contributed by atoms with E-state index in [1.165, 1.54) is 11.1 Å². The minimum absolute atomic E-state index is 0.593. The Balaban J connectivity index is 1.34. The number of hydrogen-bond acceptors (Lipinski definition) is 6. The Bertz CT molecular complexity index is 991. The van der Waals surface area contributed by atoms with Crippen molar-refractivity contribution in [3.63, 3.8) is 0 Å². The van der Waals surface area contributed by atoms with Crippen LogP contribution in [-0.4, -0.2) is 29.9 Å². The van der Waals surface area contributed by atoms with Gasteiger partial charge in [0.15, 0.2) is 0 Å². The maximum absolute atomic E-state index is 5.35. The second-order valence-electron chi connectivity index (χ2n) is 6.42. The number of aromatic nitrogens is 6. The first-order chi connectivity index (χ1) is 13.3. The van der Waals surface area contributed by atoms with Crippen molar-refractivity contribution in [2.75, 3.05) is 0 Å². The summed E-state index contributed by atoms with van der Waals surface area (Å²) in [5.74, 6) is 2.19. The summed E-state index contributed by atoms with van der Waals surface area (Å²) in [6.45, 7) is 2.81. The summed E-state index contributed by atoms with van der Waals surface area (Å²) < 4.78 is 7.30. The molecule has 7 nitrogen and oxygen atoms in total. The van der Waals surface area contributed by atoms with Crippen LogP contribution in [0.3, 0.4) is 0 Å². The van der Waals surface area contributed by atoms with Gasteiger partial charge in [-0.15, -0.1) is 0 Å². The average Bonchev–Trinajstić information content (AvgIpc) is 3.34. The van der Waals surface area contributed by atoms with Crippen LogP contribution >= 0.6 is 0 Å². The second-order valence-corrected chi connectivity index (χ2v) is 6.42. The van der Waals surface area contributed by atoms with Crippen LogP contribution in [0.4, 0.5) is 0 Å². The number of nitrogens with zero attached hydrogens (tertiary/aromatic N) is 6. The molecule has 0 saturated heterocycles. The molecule has 0 aliphatic heterocycles. The standard InChI is InChI=1S/C20H20N6O/c1-15-5-7-16(8-6-15)13-26-18(22-14-23-26)3-2-4-19-24-20(25-27-19)17-9-11-21-12-10-17/h5-12,14H,2-4,13H2,1H3. The molecule has 4 rings (SSSR count). The SMILES string of the molecule is Cc1ccc(Cn2ncnc2CCCc2nc(-c3ccncc3)no2)cc1. The summed E-state index contributed by atoms with van der Waals surface area (Å²) >= 11 is 0. The lowest BCUT2D eigenvalue weighted by Crippen LogP contribution is -2.07. The molecule has 0 bridgehead atoms. The van der Waals surface area contributed by atoms with Gasteiger partial charge in [-0.1, -0.05) is 35.0 Å². The third-order valence-electron chi connectivity index (χ3n) is 4.35. The molecule has 0 unspecified atom stereocenters. The fraction of sp³-hybridized carbons (Fsp3) is 0.250. The maximum atomic E-state index is 5.35. The molecule has 0 amide bonds. The molecular formula is C20H20N6O. The van der Waals surface area contributed by atoms with Crippen LogP contribution in [0, 0.1) is 6.92 Å². The summed E-state index contributed by atoms with van der Waals surface area (Å²) in [5.41, 5.74) is 3.37. The second kappa shape index (κ2) is 7.90. The lowest BCUT2D eigenvalue weighted by atomic mass is 10.1. The fourth-order valence-electron chi connectivity index (χ4n) is 2.85. The summed E-state index contributed by atoms with van der Waals surface area (Å²) in [6, 6.07) is 12.2. The van der Waals surface area contributed by atoms with Crippen LogP contribution in [0.1, 0.15) is 29.3 Å². The van der Waals surface area contributed by atoms with Crippen molar-refractivity contribution in [3.05, 3.63) is 78.0 Å². The lowest BCUT2D eigenvalue weighted by molar-refractivity contribution is 0.375. The van der Waals surface area contributed by atoms with E-state index in [4.69, 9.17) is 4.52 Å². The molecule has 0 aliphatic carbocycles. The Kier molecular flexibility index (Phi) is 5.00. The minimum atomic E-state index is 0.593.